The highest BCUT2D eigenvalue weighted by atomic mass is 32.2. The fourth-order valence-electron chi connectivity index (χ4n) is 4.94. The van der Waals surface area contributed by atoms with Gasteiger partial charge in [0.15, 0.2) is 0 Å². The van der Waals surface area contributed by atoms with Gasteiger partial charge in [0.25, 0.3) is 11.1 Å². The average molecular weight is 545 g/mol. The predicted octanol–water partition coefficient (Wildman–Crippen LogP) is 5.38. The molecule has 210 valence electrons. The van der Waals surface area contributed by atoms with Crippen LogP contribution >= 0.6 is 11.8 Å². The van der Waals surface area contributed by atoms with E-state index in [1.807, 2.05) is 44.2 Å². The van der Waals surface area contributed by atoms with Gasteiger partial charge in [-0.25, -0.2) is 0 Å². The quantitative estimate of drug-likeness (QED) is 0.222. The van der Waals surface area contributed by atoms with Crippen molar-refractivity contribution < 1.29 is 18.7 Å². The van der Waals surface area contributed by atoms with Crippen LogP contribution in [0.4, 0.5) is 0 Å². The van der Waals surface area contributed by atoms with Crippen molar-refractivity contribution in [1.29, 1.82) is 0 Å². The Labute approximate surface area is 231 Å². The maximum Gasteiger partial charge on any atom is 0.286 e. The van der Waals surface area contributed by atoms with E-state index in [1.54, 1.807) is 0 Å². The molecule has 38 heavy (non-hydrogen) atoms. The molecule has 1 N–H and O–H groups in total. The molecule has 1 heterocycles. The zero-order chi connectivity index (χ0) is 27.4. The van der Waals surface area contributed by atoms with Crippen LogP contribution in [-0.2, 0) is 16.1 Å². The summed E-state index contributed by atoms with van der Waals surface area (Å²) in [5.41, 5.74) is 0.442. The normalized spacial score (nSPS) is 16.1. The van der Waals surface area contributed by atoms with Gasteiger partial charge in [-0.2, -0.15) is 0 Å². The number of benzene rings is 1. The van der Waals surface area contributed by atoms with Crippen molar-refractivity contribution in [2.45, 2.75) is 84.1 Å². The first-order valence-corrected chi connectivity index (χ1v) is 15.0. The summed E-state index contributed by atoms with van der Waals surface area (Å²) >= 11 is 1.45. The molecule has 1 saturated carbocycles. The molecule has 9 heteroatoms. The third-order valence-electron chi connectivity index (χ3n) is 7.26. The van der Waals surface area contributed by atoms with Crippen LogP contribution in [0.3, 0.4) is 0 Å². The Hall–Kier alpha value is -2.23. The molecule has 1 amide bonds. The molecule has 0 radical (unpaired) electrons. The Morgan fingerprint density at radius 2 is 1.82 bits per heavy atom. The van der Waals surface area contributed by atoms with Crippen LogP contribution in [0.5, 0.6) is 0 Å². The van der Waals surface area contributed by atoms with Gasteiger partial charge in [-0.1, -0.05) is 89.1 Å². The van der Waals surface area contributed by atoms with Gasteiger partial charge in [-0.15, -0.1) is 10.2 Å². The third-order valence-corrected chi connectivity index (χ3v) is 8.05. The van der Waals surface area contributed by atoms with Crippen LogP contribution in [0.25, 0.3) is 0 Å². The molecule has 8 nitrogen and oxygen atoms in total. The lowest BCUT2D eigenvalue weighted by Gasteiger charge is -2.36. The van der Waals surface area contributed by atoms with E-state index in [4.69, 9.17) is 9.15 Å². The van der Waals surface area contributed by atoms with Gasteiger partial charge < -0.3 is 19.4 Å². The van der Waals surface area contributed by atoms with Gasteiger partial charge in [0.05, 0.1) is 24.7 Å². The minimum absolute atomic E-state index is 0.0423. The summed E-state index contributed by atoms with van der Waals surface area (Å²) < 4.78 is 11.8. The molecule has 1 unspecified atom stereocenters. The van der Waals surface area contributed by atoms with Crippen molar-refractivity contribution in [2.24, 2.45) is 11.3 Å². The molecule has 1 aromatic carbocycles. The van der Waals surface area contributed by atoms with Crippen LogP contribution in [0.2, 0.25) is 0 Å². The highest BCUT2D eigenvalue weighted by Gasteiger charge is 2.42. The Morgan fingerprint density at radius 3 is 2.47 bits per heavy atom. The van der Waals surface area contributed by atoms with Crippen LogP contribution < -0.4 is 5.32 Å². The van der Waals surface area contributed by atoms with Gasteiger partial charge in [-0.05, 0) is 43.8 Å². The summed E-state index contributed by atoms with van der Waals surface area (Å²) in [4.78, 5) is 29.5. The number of ketones is 1. The molecule has 0 saturated heterocycles. The topological polar surface area (TPSA) is 97.6 Å². The number of thioether (sulfide) groups is 1. The summed E-state index contributed by atoms with van der Waals surface area (Å²) in [6.07, 6.45) is 5.07. The number of carbonyl (C=O) groups excluding carboxylic acids is 2. The van der Waals surface area contributed by atoms with E-state index in [0.29, 0.717) is 24.9 Å². The molecular formula is C29H44N4O4S. The number of hydrogen-bond acceptors (Lipinski definition) is 8. The maximum absolute atomic E-state index is 13.7. The summed E-state index contributed by atoms with van der Waals surface area (Å²) in [5.74, 6) is 0.518. The summed E-state index contributed by atoms with van der Waals surface area (Å²) in [6.45, 7) is 12.0. The first-order chi connectivity index (χ1) is 18.4. The molecule has 1 aliphatic rings. The van der Waals surface area contributed by atoms with Crippen LogP contribution in [0.15, 0.2) is 40.0 Å². The van der Waals surface area contributed by atoms with E-state index in [-0.39, 0.29) is 23.5 Å². The van der Waals surface area contributed by atoms with Crippen molar-refractivity contribution in [2.75, 3.05) is 32.0 Å². The Kier molecular flexibility index (Phi) is 12.3. The lowest BCUT2D eigenvalue weighted by atomic mass is 9.73. The maximum atomic E-state index is 13.7. The number of nitrogens with one attached hydrogen (secondary N) is 1. The van der Waals surface area contributed by atoms with Crippen molar-refractivity contribution in [3.05, 3.63) is 41.8 Å². The number of amides is 1. The van der Waals surface area contributed by atoms with Crippen LogP contribution in [-0.4, -0.2) is 64.8 Å². The number of nitrogens with zero attached hydrogens (tertiary/aromatic N) is 3. The van der Waals surface area contributed by atoms with Gasteiger partial charge >= 0.3 is 0 Å². The van der Waals surface area contributed by atoms with E-state index < -0.39 is 11.5 Å². The second-order valence-electron chi connectivity index (χ2n) is 10.6. The molecule has 0 bridgehead atoms. The van der Waals surface area contributed by atoms with Gasteiger partial charge in [0.1, 0.15) is 0 Å². The van der Waals surface area contributed by atoms with E-state index in [2.05, 4.69) is 34.3 Å². The summed E-state index contributed by atoms with van der Waals surface area (Å²) in [6, 6.07) is 9.26. The van der Waals surface area contributed by atoms with Crippen LogP contribution in [0, 0.1) is 11.3 Å². The standard InChI is InChI=1S/C29H44N4O4S/c1-5-33(6-2)17-18-38-28-32-31-26(37-28)25(34)24(19-22(3)4)30-27(35)29(15-11-8-12-16-29)21-36-20-23-13-9-7-10-14-23/h7,9-10,13-14,22,24H,5-6,8,11-12,15-21H2,1-4H3,(H,30,35). The number of aromatic nitrogens is 2. The summed E-state index contributed by atoms with van der Waals surface area (Å²) in [7, 11) is 0. The Bertz CT molecular complexity index is 987. The van der Waals surface area contributed by atoms with Crippen molar-refractivity contribution in [3.63, 3.8) is 0 Å². The molecular weight excluding hydrogens is 500 g/mol. The van der Waals surface area contributed by atoms with Crippen molar-refractivity contribution in [3.8, 4) is 0 Å². The number of rotatable bonds is 16. The Morgan fingerprint density at radius 1 is 1.11 bits per heavy atom. The molecule has 1 atom stereocenters. The molecule has 0 spiro atoms. The highest BCUT2D eigenvalue weighted by Crippen LogP contribution is 2.37. The first kappa shape index (κ1) is 30.3. The average Bonchev–Trinajstić information content (AvgIpc) is 3.40. The Balaban J connectivity index is 1.65. The van der Waals surface area contributed by atoms with E-state index in [9.17, 15) is 9.59 Å². The van der Waals surface area contributed by atoms with Gasteiger partial charge in [0, 0.05) is 12.3 Å². The largest absolute Gasteiger partial charge is 0.408 e. The number of hydrogen-bond donors (Lipinski definition) is 1. The third kappa shape index (κ3) is 8.92. The van der Waals surface area contributed by atoms with E-state index in [1.165, 1.54) is 11.8 Å². The zero-order valence-corrected chi connectivity index (χ0v) is 24.2. The van der Waals surface area contributed by atoms with Crippen LogP contribution in [0.1, 0.15) is 82.5 Å². The monoisotopic (exact) mass is 544 g/mol. The molecule has 1 fully saturated rings. The SMILES string of the molecule is CCN(CC)CCSc1nnc(C(=O)C(CC(C)C)NC(=O)C2(COCc3ccccc3)CCCCC2)o1. The molecule has 1 aliphatic carbocycles. The predicted molar refractivity (Wildman–Crippen MR) is 150 cm³/mol. The number of carbonyl (C=O) groups is 2. The number of Topliss-reactive ketones (excluding diaryl/α,β-unsaturated/α-hetero) is 1. The lowest BCUT2D eigenvalue weighted by Crippen LogP contribution is -2.51. The fraction of sp³-hybridized carbons (Fsp3) is 0.655. The van der Waals surface area contributed by atoms with Crippen molar-refractivity contribution in [1.82, 2.24) is 20.4 Å². The zero-order valence-electron chi connectivity index (χ0n) is 23.4. The highest BCUT2D eigenvalue weighted by molar-refractivity contribution is 7.99. The second-order valence-corrected chi connectivity index (χ2v) is 11.6. The molecule has 2 aromatic rings. The minimum Gasteiger partial charge on any atom is -0.408 e. The van der Waals surface area contributed by atoms with E-state index >= 15 is 0 Å². The second kappa shape index (κ2) is 15.4. The van der Waals surface area contributed by atoms with E-state index in [0.717, 1.165) is 63.1 Å². The smallest absolute Gasteiger partial charge is 0.286 e. The minimum atomic E-state index is -0.718. The fourth-order valence-corrected chi connectivity index (χ4v) is 5.70. The number of ether oxygens (including phenoxy) is 1. The van der Waals surface area contributed by atoms with Gasteiger partial charge in [-0.3, -0.25) is 9.59 Å². The molecule has 0 aliphatic heterocycles. The summed E-state index contributed by atoms with van der Waals surface area (Å²) in [5, 5.41) is 11.6. The molecule has 3 rings (SSSR count). The van der Waals surface area contributed by atoms with Gasteiger partial charge in [0.2, 0.25) is 11.7 Å². The first-order valence-electron chi connectivity index (χ1n) is 14.0. The lowest BCUT2D eigenvalue weighted by molar-refractivity contribution is -0.138. The van der Waals surface area contributed by atoms with Crippen molar-refractivity contribution >= 4 is 23.5 Å². The molecule has 1 aromatic heterocycles.